The summed E-state index contributed by atoms with van der Waals surface area (Å²) in [4.78, 5) is 25.4. The van der Waals surface area contributed by atoms with Crippen molar-refractivity contribution in [1.29, 1.82) is 0 Å². The molecule has 124 valence electrons. The average molecular weight is 317 g/mol. The third kappa shape index (κ3) is 3.94. The Balaban J connectivity index is 1.41. The molecule has 2 N–H and O–H groups in total. The molecule has 1 saturated heterocycles. The number of ether oxygens (including phenoxy) is 1. The fourth-order valence-electron chi connectivity index (χ4n) is 3.11. The number of para-hydroxylation sites is 1. The lowest BCUT2D eigenvalue weighted by Crippen LogP contribution is -2.40. The fraction of sp³-hybridized carbons (Fsp3) is 0.529. The maximum absolute atomic E-state index is 12.0. The van der Waals surface area contributed by atoms with Gasteiger partial charge in [-0.3, -0.25) is 4.79 Å². The molecule has 1 atom stereocenters. The molecule has 0 spiro atoms. The van der Waals surface area contributed by atoms with Gasteiger partial charge in [0.1, 0.15) is 5.75 Å². The Kier molecular flexibility index (Phi) is 5.00. The van der Waals surface area contributed by atoms with Crippen LogP contribution in [0.4, 0.5) is 4.79 Å². The van der Waals surface area contributed by atoms with Gasteiger partial charge < -0.3 is 20.3 Å². The van der Waals surface area contributed by atoms with E-state index >= 15 is 0 Å². The second kappa shape index (κ2) is 7.35. The van der Waals surface area contributed by atoms with Crippen molar-refractivity contribution >= 4 is 11.9 Å². The van der Waals surface area contributed by atoms with Crippen molar-refractivity contribution in [2.24, 2.45) is 0 Å². The molecule has 0 unspecified atom stereocenters. The van der Waals surface area contributed by atoms with Crippen LogP contribution in [0.2, 0.25) is 0 Å². The summed E-state index contributed by atoms with van der Waals surface area (Å²) < 4.78 is 5.59. The molecule has 0 bridgehead atoms. The first-order valence-electron chi connectivity index (χ1n) is 8.28. The van der Waals surface area contributed by atoms with Crippen LogP contribution in [0, 0.1) is 0 Å². The maximum Gasteiger partial charge on any atom is 0.315 e. The molecular weight excluding hydrogens is 294 g/mol. The highest BCUT2D eigenvalue weighted by atomic mass is 16.5. The van der Waals surface area contributed by atoms with E-state index in [1.54, 1.807) is 0 Å². The number of rotatable bonds is 5. The first-order valence-corrected chi connectivity index (χ1v) is 8.28. The van der Waals surface area contributed by atoms with Crippen molar-refractivity contribution in [2.45, 2.75) is 31.7 Å². The van der Waals surface area contributed by atoms with Crippen molar-refractivity contribution in [2.75, 3.05) is 26.2 Å². The van der Waals surface area contributed by atoms with Gasteiger partial charge in [-0.25, -0.2) is 4.79 Å². The second-order valence-electron chi connectivity index (χ2n) is 5.97. The minimum Gasteiger partial charge on any atom is -0.493 e. The van der Waals surface area contributed by atoms with Gasteiger partial charge in [0.05, 0.1) is 12.6 Å². The number of urea groups is 1. The van der Waals surface area contributed by atoms with Crippen LogP contribution < -0.4 is 15.4 Å². The number of carbonyl (C=O) groups is 2. The zero-order valence-electron chi connectivity index (χ0n) is 13.2. The molecule has 1 aromatic carbocycles. The van der Waals surface area contributed by atoms with Crippen LogP contribution in [0.1, 0.15) is 37.3 Å². The van der Waals surface area contributed by atoms with Crippen molar-refractivity contribution in [3.05, 3.63) is 29.8 Å². The lowest BCUT2D eigenvalue weighted by molar-refractivity contribution is -0.127. The van der Waals surface area contributed by atoms with Gasteiger partial charge in [-0.15, -0.1) is 0 Å². The number of nitrogens with zero attached hydrogens (tertiary/aromatic N) is 1. The summed E-state index contributed by atoms with van der Waals surface area (Å²) in [6.07, 6.45) is 3.17. The lowest BCUT2D eigenvalue weighted by atomic mass is 10.0. The number of hydrogen-bond acceptors (Lipinski definition) is 3. The zero-order valence-corrected chi connectivity index (χ0v) is 13.2. The van der Waals surface area contributed by atoms with Crippen LogP contribution in [0.5, 0.6) is 5.75 Å². The Morgan fingerprint density at radius 3 is 3.04 bits per heavy atom. The lowest BCUT2D eigenvalue weighted by Gasteiger charge is -2.26. The van der Waals surface area contributed by atoms with Gasteiger partial charge >= 0.3 is 6.03 Å². The average Bonchev–Trinajstić information content (AvgIpc) is 2.97. The highest BCUT2D eigenvalue weighted by molar-refractivity contribution is 5.78. The van der Waals surface area contributed by atoms with E-state index in [0.29, 0.717) is 19.6 Å². The van der Waals surface area contributed by atoms with E-state index in [2.05, 4.69) is 10.6 Å². The number of carbonyl (C=O) groups excluding carboxylic acids is 2. The SMILES string of the molecule is O=C(NCCCN1CCCC1=O)N[C@@H]1CCOc2ccccc21. The minimum absolute atomic E-state index is 0.0138. The fourth-order valence-corrected chi connectivity index (χ4v) is 3.11. The summed E-state index contributed by atoms with van der Waals surface area (Å²) in [6.45, 7) is 2.75. The summed E-state index contributed by atoms with van der Waals surface area (Å²) in [7, 11) is 0. The Morgan fingerprint density at radius 1 is 1.35 bits per heavy atom. The number of benzene rings is 1. The molecule has 2 aliphatic rings. The third-order valence-electron chi connectivity index (χ3n) is 4.33. The monoisotopic (exact) mass is 317 g/mol. The first kappa shape index (κ1) is 15.6. The molecule has 1 aromatic rings. The smallest absolute Gasteiger partial charge is 0.315 e. The van der Waals surface area contributed by atoms with Gasteiger partial charge in [-0.1, -0.05) is 18.2 Å². The van der Waals surface area contributed by atoms with Gasteiger partial charge in [-0.05, 0) is 18.9 Å². The van der Waals surface area contributed by atoms with E-state index in [1.165, 1.54) is 0 Å². The Morgan fingerprint density at radius 2 is 2.22 bits per heavy atom. The number of hydrogen-bond donors (Lipinski definition) is 2. The molecule has 23 heavy (non-hydrogen) atoms. The van der Waals surface area contributed by atoms with E-state index in [1.807, 2.05) is 29.2 Å². The minimum atomic E-state index is -0.167. The predicted octanol–water partition coefficient (Wildman–Crippen LogP) is 1.82. The summed E-state index contributed by atoms with van der Waals surface area (Å²) in [5, 5.41) is 5.87. The van der Waals surface area contributed by atoms with Crippen LogP contribution >= 0.6 is 0 Å². The molecule has 1 fully saturated rings. The number of likely N-dealkylation sites (tertiary alicyclic amines) is 1. The van der Waals surface area contributed by atoms with Crippen molar-refractivity contribution < 1.29 is 14.3 Å². The maximum atomic E-state index is 12.0. The summed E-state index contributed by atoms with van der Waals surface area (Å²) in [5.41, 5.74) is 1.02. The van der Waals surface area contributed by atoms with Gasteiger partial charge in [0.25, 0.3) is 0 Å². The molecule has 3 amide bonds. The quantitative estimate of drug-likeness (QED) is 0.814. The largest absolute Gasteiger partial charge is 0.493 e. The zero-order chi connectivity index (χ0) is 16.1. The van der Waals surface area contributed by atoms with E-state index in [9.17, 15) is 9.59 Å². The molecule has 6 heteroatoms. The van der Waals surface area contributed by atoms with E-state index in [-0.39, 0.29) is 18.0 Å². The molecule has 0 aromatic heterocycles. The normalized spacial score (nSPS) is 19.9. The standard InChI is InChI=1S/C17H23N3O3/c21-16-7-3-10-20(16)11-4-9-18-17(22)19-14-8-12-23-15-6-2-1-5-13(14)15/h1-2,5-6,14H,3-4,7-12H2,(H2,18,19,22)/t14-/m1/s1. The van der Waals surface area contributed by atoms with Crippen LogP contribution in [0.15, 0.2) is 24.3 Å². The molecule has 0 aliphatic carbocycles. The number of amides is 3. The van der Waals surface area contributed by atoms with Crippen LogP contribution in [-0.4, -0.2) is 43.1 Å². The molecule has 2 aliphatic heterocycles. The van der Waals surface area contributed by atoms with Gasteiger partial charge in [0, 0.05) is 38.0 Å². The second-order valence-corrected chi connectivity index (χ2v) is 5.97. The molecule has 6 nitrogen and oxygen atoms in total. The first-order chi connectivity index (χ1) is 11.2. The molecule has 0 saturated carbocycles. The molecular formula is C17H23N3O3. The van der Waals surface area contributed by atoms with E-state index in [0.717, 1.165) is 43.7 Å². The summed E-state index contributed by atoms with van der Waals surface area (Å²) in [6, 6.07) is 7.61. The predicted molar refractivity (Wildman–Crippen MR) is 86.3 cm³/mol. The highest BCUT2D eigenvalue weighted by Crippen LogP contribution is 2.31. The van der Waals surface area contributed by atoms with E-state index in [4.69, 9.17) is 4.74 Å². The van der Waals surface area contributed by atoms with E-state index < -0.39 is 0 Å². The van der Waals surface area contributed by atoms with Crippen LogP contribution in [-0.2, 0) is 4.79 Å². The summed E-state index contributed by atoms with van der Waals surface area (Å²) >= 11 is 0. The third-order valence-corrected chi connectivity index (χ3v) is 4.33. The number of fused-ring (bicyclic) bond motifs is 1. The Hall–Kier alpha value is -2.24. The molecule has 2 heterocycles. The highest BCUT2D eigenvalue weighted by Gasteiger charge is 2.22. The van der Waals surface area contributed by atoms with Crippen molar-refractivity contribution in [3.8, 4) is 5.75 Å². The number of nitrogens with one attached hydrogen (secondary N) is 2. The van der Waals surface area contributed by atoms with Crippen molar-refractivity contribution in [3.63, 3.8) is 0 Å². The topological polar surface area (TPSA) is 70.7 Å². The van der Waals surface area contributed by atoms with Gasteiger partial charge in [0.15, 0.2) is 0 Å². The van der Waals surface area contributed by atoms with Crippen LogP contribution in [0.3, 0.4) is 0 Å². The van der Waals surface area contributed by atoms with Gasteiger partial charge in [-0.2, -0.15) is 0 Å². The Bertz CT molecular complexity index is 576. The Labute approximate surface area is 136 Å². The van der Waals surface area contributed by atoms with Gasteiger partial charge in [0.2, 0.25) is 5.91 Å². The summed E-state index contributed by atoms with van der Waals surface area (Å²) in [5.74, 6) is 1.07. The molecule has 3 rings (SSSR count). The van der Waals surface area contributed by atoms with Crippen LogP contribution in [0.25, 0.3) is 0 Å². The molecule has 0 radical (unpaired) electrons. The van der Waals surface area contributed by atoms with Crippen molar-refractivity contribution in [1.82, 2.24) is 15.5 Å².